The van der Waals surface area contributed by atoms with Gasteiger partial charge in [0.1, 0.15) is 18.3 Å². The number of halogens is 1. The molecule has 0 bridgehead atoms. The summed E-state index contributed by atoms with van der Waals surface area (Å²) in [7, 11) is 0. The average molecular weight is 545 g/mol. The first-order valence-electron chi connectivity index (χ1n) is 13.0. The van der Waals surface area contributed by atoms with Crippen molar-refractivity contribution >= 4 is 17.4 Å². The summed E-state index contributed by atoms with van der Waals surface area (Å²) >= 11 is 6.44. The fraction of sp³-hybridized carbons (Fsp3) is 0.242. The molecule has 0 saturated carbocycles. The van der Waals surface area contributed by atoms with Crippen molar-refractivity contribution in [2.45, 2.75) is 51.2 Å². The van der Waals surface area contributed by atoms with Crippen LogP contribution in [0.3, 0.4) is 0 Å². The van der Waals surface area contributed by atoms with Crippen molar-refractivity contribution in [2.75, 3.05) is 0 Å². The highest BCUT2D eigenvalue weighted by Gasteiger charge is 2.40. The molecule has 6 heteroatoms. The van der Waals surface area contributed by atoms with Crippen LogP contribution < -0.4 is 0 Å². The number of ether oxygens (including phenoxy) is 3. The molecule has 4 rings (SSSR count). The zero-order chi connectivity index (χ0) is 27.5. The Kier molecular flexibility index (Phi) is 10.8. The molecule has 4 aromatic carbocycles. The van der Waals surface area contributed by atoms with Gasteiger partial charge in [-0.25, -0.2) is 0 Å². The molecule has 0 aliphatic carbocycles. The summed E-state index contributed by atoms with van der Waals surface area (Å²) in [6.45, 7) is 2.22. The fourth-order valence-electron chi connectivity index (χ4n) is 4.29. The maximum atomic E-state index is 14.0. The Morgan fingerprint density at radius 2 is 1.05 bits per heavy atom. The Bertz CT molecular complexity index is 1280. The Hall–Kier alpha value is -3.32. The summed E-state index contributed by atoms with van der Waals surface area (Å²) in [5.74, 6) is -0.344. The highest BCUT2D eigenvalue weighted by atomic mass is 35.5. The number of Topliss-reactive ketones (excluding diaryl/α,β-unsaturated/α-hetero) is 1. The average Bonchev–Trinajstić information content (AvgIpc) is 2.97. The van der Waals surface area contributed by atoms with Gasteiger partial charge >= 0.3 is 0 Å². The molecule has 0 amide bonds. The van der Waals surface area contributed by atoms with Crippen LogP contribution in [0.25, 0.3) is 0 Å². The second kappa shape index (κ2) is 14.7. The molecule has 0 aromatic heterocycles. The summed E-state index contributed by atoms with van der Waals surface area (Å²) in [5.41, 5.74) is 3.07. The Morgan fingerprint density at radius 1 is 0.641 bits per heavy atom. The summed E-state index contributed by atoms with van der Waals surface area (Å²) in [6.07, 6.45) is -3.89. The van der Waals surface area contributed by atoms with Crippen LogP contribution in [0.5, 0.6) is 0 Å². The van der Waals surface area contributed by atoms with Crippen molar-refractivity contribution in [3.63, 3.8) is 0 Å². The topological polar surface area (TPSA) is 65.0 Å². The van der Waals surface area contributed by atoms with Crippen LogP contribution in [0, 0.1) is 0 Å². The number of carbonyl (C=O) groups is 1. The molecule has 0 aliphatic heterocycles. The van der Waals surface area contributed by atoms with Crippen molar-refractivity contribution in [1.29, 1.82) is 0 Å². The monoisotopic (exact) mass is 544 g/mol. The standard InChI is InChI=1S/C33H33ClO5/c1-24(35)31(37-21-25-13-5-2-6-14-25)33(39-23-27-17-9-4-10-18-27)32(38-22-26-15-7-3-8-16-26)30(36)28-19-11-12-20-29(28)34/h2-20,24,31-33,35H,21-23H2,1H3/t24-,31+,32+,33+/m1/s1. The Balaban J connectivity index is 1.68. The van der Waals surface area contributed by atoms with Gasteiger partial charge in [-0.3, -0.25) is 4.79 Å². The third-order valence-corrected chi connectivity index (χ3v) is 6.67. The molecule has 0 fully saturated rings. The minimum atomic E-state index is -1.11. The van der Waals surface area contributed by atoms with Gasteiger partial charge in [-0.2, -0.15) is 0 Å². The lowest BCUT2D eigenvalue weighted by Crippen LogP contribution is -2.51. The van der Waals surface area contributed by atoms with Crippen LogP contribution in [0.4, 0.5) is 0 Å². The third-order valence-electron chi connectivity index (χ3n) is 6.34. The number of hydrogen-bond acceptors (Lipinski definition) is 5. The maximum absolute atomic E-state index is 14.0. The molecule has 0 unspecified atom stereocenters. The van der Waals surface area contributed by atoms with E-state index in [4.69, 9.17) is 25.8 Å². The van der Waals surface area contributed by atoms with E-state index in [2.05, 4.69) is 0 Å². The van der Waals surface area contributed by atoms with E-state index in [1.54, 1.807) is 31.2 Å². The molecule has 0 saturated heterocycles. The summed E-state index contributed by atoms with van der Waals surface area (Å²) < 4.78 is 19.0. The van der Waals surface area contributed by atoms with Gasteiger partial charge in [-0.15, -0.1) is 0 Å². The van der Waals surface area contributed by atoms with E-state index in [0.29, 0.717) is 10.6 Å². The van der Waals surface area contributed by atoms with Gasteiger partial charge in [0.2, 0.25) is 0 Å². The second-order valence-electron chi connectivity index (χ2n) is 9.32. The summed E-state index contributed by atoms with van der Waals surface area (Å²) in [4.78, 5) is 14.0. The first-order chi connectivity index (χ1) is 19.0. The number of aliphatic hydroxyl groups excluding tert-OH is 1. The Morgan fingerprint density at radius 3 is 1.51 bits per heavy atom. The molecule has 39 heavy (non-hydrogen) atoms. The van der Waals surface area contributed by atoms with Crippen LogP contribution in [-0.4, -0.2) is 35.3 Å². The summed E-state index contributed by atoms with van der Waals surface area (Å²) in [6, 6.07) is 35.8. The molecular formula is C33H33ClO5. The lowest BCUT2D eigenvalue weighted by Gasteiger charge is -2.34. The van der Waals surface area contributed by atoms with Gasteiger partial charge in [0.25, 0.3) is 0 Å². The number of carbonyl (C=O) groups excluding carboxylic acids is 1. The molecule has 202 valence electrons. The minimum Gasteiger partial charge on any atom is -0.391 e. The van der Waals surface area contributed by atoms with Gasteiger partial charge in [0.15, 0.2) is 5.78 Å². The van der Waals surface area contributed by atoms with Gasteiger partial charge in [-0.05, 0) is 35.7 Å². The van der Waals surface area contributed by atoms with Crippen molar-refractivity contribution in [3.8, 4) is 0 Å². The first-order valence-corrected chi connectivity index (χ1v) is 13.3. The number of hydrogen-bond donors (Lipinski definition) is 1. The van der Waals surface area contributed by atoms with E-state index in [0.717, 1.165) is 16.7 Å². The van der Waals surface area contributed by atoms with Crippen LogP contribution in [-0.2, 0) is 34.0 Å². The quantitative estimate of drug-likeness (QED) is 0.180. The van der Waals surface area contributed by atoms with Crippen LogP contribution in [0.2, 0.25) is 5.02 Å². The van der Waals surface area contributed by atoms with E-state index in [1.807, 2.05) is 91.0 Å². The van der Waals surface area contributed by atoms with Crippen molar-refractivity contribution in [1.82, 2.24) is 0 Å². The highest BCUT2D eigenvalue weighted by molar-refractivity contribution is 6.34. The maximum Gasteiger partial charge on any atom is 0.195 e. The van der Waals surface area contributed by atoms with Crippen LogP contribution >= 0.6 is 11.6 Å². The number of rotatable bonds is 14. The molecule has 5 nitrogen and oxygen atoms in total. The van der Waals surface area contributed by atoms with Crippen LogP contribution in [0.15, 0.2) is 115 Å². The van der Waals surface area contributed by atoms with E-state index >= 15 is 0 Å². The lowest BCUT2D eigenvalue weighted by atomic mass is 9.95. The number of aliphatic hydroxyl groups is 1. The number of ketones is 1. The van der Waals surface area contributed by atoms with Gasteiger partial charge in [0.05, 0.1) is 30.9 Å². The highest BCUT2D eigenvalue weighted by Crippen LogP contribution is 2.26. The fourth-order valence-corrected chi connectivity index (χ4v) is 4.52. The SMILES string of the molecule is C[C@@H](O)[C@H](OCc1ccccc1)[C@H](OCc1ccccc1)[C@@H](OCc1ccccc1)C(=O)c1ccccc1Cl. The summed E-state index contributed by atoms with van der Waals surface area (Å²) in [5, 5.41) is 11.2. The van der Waals surface area contributed by atoms with Crippen molar-refractivity contribution in [2.24, 2.45) is 0 Å². The van der Waals surface area contributed by atoms with E-state index < -0.39 is 24.4 Å². The van der Waals surface area contributed by atoms with Gasteiger partial charge in [0, 0.05) is 5.56 Å². The molecular weight excluding hydrogens is 512 g/mol. The molecule has 0 aliphatic rings. The van der Waals surface area contributed by atoms with Gasteiger partial charge < -0.3 is 19.3 Å². The van der Waals surface area contributed by atoms with Crippen molar-refractivity contribution < 1.29 is 24.1 Å². The molecule has 1 N–H and O–H groups in total. The van der Waals surface area contributed by atoms with E-state index in [9.17, 15) is 9.90 Å². The van der Waals surface area contributed by atoms with Crippen LogP contribution in [0.1, 0.15) is 34.0 Å². The predicted molar refractivity (Wildman–Crippen MR) is 153 cm³/mol. The van der Waals surface area contributed by atoms with Crippen molar-refractivity contribution in [3.05, 3.63) is 143 Å². The molecule has 0 radical (unpaired) electrons. The molecule has 0 spiro atoms. The Labute approximate surface area is 234 Å². The largest absolute Gasteiger partial charge is 0.391 e. The van der Waals surface area contributed by atoms with Gasteiger partial charge in [-0.1, -0.05) is 115 Å². The molecule has 4 atom stereocenters. The van der Waals surface area contributed by atoms with E-state index in [1.165, 1.54) is 0 Å². The number of benzene rings is 4. The first kappa shape index (κ1) is 28.7. The zero-order valence-corrected chi connectivity index (χ0v) is 22.6. The predicted octanol–water partition coefficient (Wildman–Crippen LogP) is 6.66. The minimum absolute atomic E-state index is 0.165. The lowest BCUT2D eigenvalue weighted by molar-refractivity contribution is -0.165. The zero-order valence-electron chi connectivity index (χ0n) is 21.9. The molecule has 0 heterocycles. The molecule has 4 aromatic rings. The normalized spacial score (nSPS) is 14.3. The third kappa shape index (κ3) is 8.33. The van der Waals surface area contributed by atoms with E-state index in [-0.39, 0.29) is 25.6 Å². The second-order valence-corrected chi connectivity index (χ2v) is 9.73. The smallest absolute Gasteiger partial charge is 0.195 e.